The molecular weight excluding hydrogens is 342 g/mol. The molecule has 0 amide bonds. The van der Waals surface area contributed by atoms with E-state index >= 15 is 0 Å². The number of nitrogens with zero attached hydrogens (tertiary/aromatic N) is 1. The van der Waals surface area contributed by atoms with Gasteiger partial charge in [-0.3, -0.25) is 4.98 Å². The molecule has 0 radical (unpaired) electrons. The normalized spacial score (nSPS) is 12.3. The van der Waals surface area contributed by atoms with E-state index < -0.39 is 0 Å². The number of hydrogen-bond donors (Lipinski definition) is 2. The average Bonchev–Trinajstić information content (AvgIpc) is 3.11. The Balaban J connectivity index is 1.65. The first-order valence-corrected chi connectivity index (χ1v) is 9.11. The lowest BCUT2D eigenvalue weighted by Gasteiger charge is -2.19. The fourth-order valence-electron chi connectivity index (χ4n) is 3.39. The Morgan fingerprint density at radius 1 is 0.962 bits per heavy atom. The van der Waals surface area contributed by atoms with Crippen molar-refractivity contribution in [1.82, 2.24) is 15.3 Å². The van der Waals surface area contributed by atoms with Crippen molar-refractivity contribution in [2.24, 2.45) is 0 Å². The number of aromatic amines is 1. The molecule has 130 valence electrons. The van der Waals surface area contributed by atoms with Crippen molar-refractivity contribution in [2.45, 2.75) is 12.5 Å². The molecule has 0 aliphatic heterocycles. The topological polar surface area (TPSA) is 40.7 Å². The molecule has 2 N–H and O–H groups in total. The van der Waals surface area contributed by atoms with Gasteiger partial charge in [0.25, 0.3) is 0 Å². The number of fused-ring (bicyclic) bond motifs is 1. The van der Waals surface area contributed by atoms with Gasteiger partial charge in [0.05, 0.1) is 0 Å². The third-order valence-electron chi connectivity index (χ3n) is 4.68. The molecule has 1 unspecified atom stereocenters. The van der Waals surface area contributed by atoms with Gasteiger partial charge in [-0.2, -0.15) is 0 Å². The van der Waals surface area contributed by atoms with E-state index in [1.54, 1.807) is 6.20 Å². The second-order valence-electron chi connectivity index (χ2n) is 6.36. The third-order valence-corrected chi connectivity index (χ3v) is 5.02. The van der Waals surface area contributed by atoms with Crippen LogP contribution in [0.2, 0.25) is 5.02 Å². The number of halogens is 1. The molecule has 0 saturated carbocycles. The molecule has 1 atom stereocenters. The summed E-state index contributed by atoms with van der Waals surface area (Å²) in [5, 5.41) is 5.60. The van der Waals surface area contributed by atoms with E-state index in [0.717, 1.165) is 29.2 Å². The Labute approximate surface area is 158 Å². The van der Waals surface area contributed by atoms with Crippen LogP contribution in [0.4, 0.5) is 0 Å². The molecule has 2 aromatic heterocycles. The van der Waals surface area contributed by atoms with Gasteiger partial charge in [0, 0.05) is 53.5 Å². The second-order valence-corrected chi connectivity index (χ2v) is 6.76. The summed E-state index contributed by atoms with van der Waals surface area (Å²) in [5.41, 5.74) is 4.71. The molecule has 0 bridgehead atoms. The number of pyridine rings is 1. The fraction of sp³-hybridized carbons (Fsp3) is 0.136. The van der Waals surface area contributed by atoms with Crippen LogP contribution in [0.15, 0.2) is 79.3 Å². The molecule has 4 rings (SSSR count). The monoisotopic (exact) mass is 361 g/mol. The van der Waals surface area contributed by atoms with Crippen LogP contribution in [0.3, 0.4) is 0 Å². The predicted molar refractivity (Wildman–Crippen MR) is 108 cm³/mol. The van der Waals surface area contributed by atoms with Crippen LogP contribution in [0.5, 0.6) is 0 Å². The van der Waals surface area contributed by atoms with Crippen molar-refractivity contribution in [3.05, 3.63) is 101 Å². The zero-order chi connectivity index (χ0) is 17.8. The minimum Gasteiger partial charge on any atom is -0.361 e. The fourth-order valence-corrected chi connectivity index (χ4v) is 3.66. The predicted octanol–water partition coefficient (Wildman–Crippen LogP) is 5.14. The number of aromatic nitrogens is 2. The summed E-state index contributed by atoms with van der Waals surface area (Å²) in [6, 6.07) is 20.5. The van der Waals surface area contributed by atoms with Crippen LogP contribution >= 0.6 is 11.6 Å². The highest BCUT2D eigenvalue weighted by Gasteiger charge is 2.20. The molecule has 0 fully saturated rings. The quantitative estimate of drug-likeness (QED) is 0.499. The number of hydrogen-bond acceptors (Lipinski definition) is 2. The van der Waals surface area contributed by atoms with Crippen molar-refractivity contribution in [3.8, 4) is 0 Å². The first kappa shape index (κ1) is 16.8. The van der Waals surface area contributed by atoms with E-state index in [-0.39, 0.29) is 5.92 Å². The van der Waals surface area contributed by atoms with Gasteiger partial charge in [-0.1, -0.05) is 54.1 Å². The summed E-state index contributed by atoms with van der Waals surface area (Å²) >= 11 is 6.54. The number of rotatable bonds is 6. The molecule has 2 heterocycles. The highest BCUT2D eigenvalue weighted by atomic mass is 35.5. The van der Waals surface area contributed by atoms with Crippen LogP contribution in [0.25, 0.3) is 10.9 Å². The van der Waals surface area contributed by atoms with Gasteiger partial charge < -0.3 is 10.3 Å². The molecule has 0 saturated heterocycles. The van der Waals surface area contributed by atoms with Crippen LogP contribution < -0.4 is 5.32 Å². The van der Waals surface area contributed by atoms with E-state index in [1.807, 2.05) is 36.5 Å². The maximum absolute atomic E-state index is 6.54. The molecule has 0 aliphatic rings. The van der Waals surface area contributed by atoms with Crippen molar-refractivity contribution >= 4 is 22.5 Å². The van der Waals surface area contributed by atoms with Crippen molar-refractivity contribution in [1.29, 1.82) is 0 Å². The summed E-state index contributed by atoms with van der Waals surface area (Å²) in [5.74, 6) is 0.163. The van der Waals surface area contributed by atoms with E-state index in [0.29, 0.717) is 0 Å². The van der Waals surface area contributed by atoms with Gasteiger partial charge in [-0.05, 0) is 34.9 Å². The molecule has 3 nitrogen and oxygen atoms in total. The second kappa shape index (κ2) is 7.73. The summed E-state index contributed by atoms with van der Waals surface area (Å²) in [4.78, 5) is 7.56. The van der Waals surface area contributed by atoms with Gasteiger partial charge >= 0.3 is 0 Å². The van der Waals surface area contributed by atoms with Gasteiger partial charge in [-0.25, -0.2) is 0 Å². The van der Waals surface area contributed by atoms with Crippen LogP contribution in [-0.2, 0) is 6.54 Å². The van der Waals surface area contributed by atoms with E-state index in [2.05, 4.69) is 51.8 Å². The first-order valence-electron chi connectivity index (χ1n) is 8.73. The lowest BCUT2D eigenvalue weighted by atomic mass is 9.90. The molecular formula is C22H20ClN3. The van der Waals surface area contributed by atoms with E-state index in [9.17, 15) is 0 Å². The number of H-pyrrole nitrogens is 1. The van der Waals surface area contributed by atoms with Gasteiger partial charge in [-0.15, -0.1) is 0 Å². The third kappa shape index (κ3) is 3.50. The van der Waals surface area contributed by atoms with E-state index in [1.165, 1.54) is 16.5 Å². The molecule has 4 aromatic rings. The molecule has 2 aromatic carbocycles. The number of para-hydroxylation sites is 1. The minimum atomic E-state index is 0.163. The van der Waals surface area contributed by atoms with Gasteiger partial charge in [0.1, 0.15) is 0 Å². The van der Waals surface area contributed by atoms with Crippen LogP contribution in [0.1, 0.15) is 22.6 Å². The SMILES string of the molecule is Clc1ccccc1C(CNCc1cccnc1)c1c[nH]c2ccccc12. The van der Waals surface area contributed by atoms with Crippen molar-refractivity contribution in [2.75, 3.05) is 6.54 Å². The molecule has 26 heavy (non-hydrogen) atoms. The summed E-state index contributed by atoms with van der Waals surface area (Å²) in [6.07, 6.45) is 5.79. The molecule has 0 aliphatic carbocycles. The highest BCUT2D eigenvalue weighted by molar-refractivity contribution is 6.31. The summed E-state index contributed by atoms with van der Waals surface area (Å²) < 4.78 is 0. The highest BCUT2D eigenvalue weighted by Crippen LogP contribution is 2.34. The Morgan fingerprint density at radius 3 is 2.65 bits per heavy atom. The standard InChI is InChI=1S/C22H20ClN3/c23-21-9-3-1-7-17(21)19(14-25-13-16-6-5-11-24-12-16)20-15-26-22-10-4-2-8-18(20)22/h1-12,15,19,25-26H,13-14H2. The van der Waals surface area contributed by atoms with Crippen molar-refractivity contribution in [3.63, 3.8) is 0 Å². The minimum absolute atomic E-state index is 0.163. The average molecular weight is 362 g/mol. The Bertz CT molecular complexity index is 994. The number of benzene rings is 2. The lowest BCUT2D eigenvalue weighted by Crippen LogP contribution is -2.22. The Kier molecular flexibility index (Phi) is 5.00. The summed E-state index contributed by atoms with van der Waals surface area (Å²) in [7, 11) is 0. The smallest absolute Gasteiger partial charge is 0.0457 e. The van der Waals surface area contributed by atoms with Crippen LogP contribution in [0, 0.1) is 0 Å². The van der Waals surface area contributed by atoms with Crippen LogP contribution in [-0.4, -0.2) is 16.5 Å². The largest absolute Gasteiger partial charge is 0.361 e. The van der Waals surface area contributed by atoms with Crippen molar-refractivity contribution < 1.29 is 0 Å². The maximum atomic E-state index is 6.54. The maximum Gasteiger partial charge on any atom is 0.0457 e. The zero-order valence-electron chi connectivity index (χ0n) is 14.3. The Morgan fingerprint density at radius 2 is 1.81 bits per heavy atom. The molecule has 0 spiro atoms. The summed E-state index contributed by atoms with van der Waals surface area (Å²) in [6.45, 7) is 1.57. The van der Waals surface area contributed by atoms with Gasteiger partial charge in [0.2, 0.25) is 0 Å². The van der Waals surface area contributed by atoms with Gasteiger partial charge in [0.15, 0.2) is 0 Å². The lowest BCUT2D eigenvalue weighted by molar-refractivity contribution is 0.637. The molecule has 4 heteroatoms. The zero-order valence-corrected chi connectivity index (χ0v) is 15.1. The van der Waals surface area contributed by atoms with E-state index in [4.69, 9.17) is 11.6 Å². The Hall–Kier alpha value is -2.62. The number of nitrogens with one attached hydrogen (secondary N) is 2. The first-order chi connectivity index (χ1) is 12.8.